The molecule has 0 aromatic heterocycles. The van der Waals surface area contributed by atoms with E-state index in [0.29, 0.717) is 19.8 Å². The number of aliphatic hydroxyl groups excluding tert-OH is 1. The molecule has 0 unspecified atom stereocenters. The van der Waals surface area contributed by atoms with E-state index in [1.165, 1.54) is 0 Å². The van der Waals surface area contributed by atoms with E-state index in [4.69, 9.17) is 14.6 Å². The van der Waals surface area contributed by atoms with Crippen molar-refractivity contribution in [3.63, 3.8) is 0 Å². The van der Waals surface area contributed by atoms with E-state index in [9.17, 15) is 0 Å². The van der Waals surface area contributed by atoms with Gasteiger partial charge in [0, 0.05) is 6.61 Å². The molecule has 0 radical (unpaired) electrons. The predicted molar refractivity (Wildman–Crippen MR) is 47.2 cm³/mol. The van der Waals surface area contributed by atoms with Crippen molar-refractivity contribution < 1.29 is 20.1 Å². The fourth-order valence-electron chi connectivity index (χ4n) is 0.633. The maximum absolute atomic E-state index is 8.34. The molecule has 76 valence electrons. The first-order valence-corrected chi connectivity index (χ1v) is 4.18. The minimum atomic E-state index is 0. The van der Waals surface area contributed by atoms with Crippen LogP contribution in [-0.4, -0.2) is 43.6 Å². The summed E-state index contributed by atoms with van der Waals surface area (Å²) in [4.78, 5) is 0. The Hall–Kier alpha value is -0.160. The second-order valence-electron chi connectivity index (χ2n) is 2.30. The first kappa shape index (κ1) is 14.4. The van der Waals surface area contributed by atoms with Crippen molar-refractivity contribution >= 4 is 0 Å². The lowest BCUT2D eigenvalue weighted by Gasteiger charge is -2.02. The van der Waals surface area contributed by atoms with Crippen molar-refractivity contribution in [1.82, 2.24) is 0 Å². The Kier molecular flexibility index (Phi) is 16.1. The van der Waals surface area contributed by atoms with E-state index in [2.05, 4.69) is 6.92 Å². The molecule has 0 saturated heterocycles. The fourth-order valence-corrected chi connectivity index (χ4v) is 0.633. The Balaban J connectivity index is 0. The summed E-state index contributed by atoms with van der Waals surface area (Å²) in [5.74, 6) is 0. The molecule has 0 aromatic rings. The lowest BCUT2D eigenvalue weighted by atomic mass is 10.4. The number of rotatable bonds is 8. The number of hydrogen-bond acceptors (Lipinski definition) is 3. The summed E-state index contributed by atoms with van der Waals surface area (Å²) >= 11 is 0. The quantitative estimate of drug-likeness (QED) is 0.534. The van der Waals surface area contributed by atoms with Crippen LogP contribution in [-0.2, 0) is 9.47 Å². The highest BCUT2D eigenvalue weighted by atomic mass is 16.5. The van der Waals surface area contributed by atoms with Gasteiger partial charge in [0.1, 0.15) is 0 Å². The van der Waals surface area contributed by atoms with Crippen LogP contribution >= 0.6 is 0 Å². The third-order valence-corrected chi connectivity index (χ3v) is 1.25. The molecule has 0 saturated carbocycles. The number of aliphatic hydroxyl groups is 1. The molecule has 12 heavy (non-hydrogen) atoms. The van der Waals surface area contributed by atoms with Gasteiger partial charge in [0.15, 0.2) is 0 Å². The standard InChI is InChI=1S/C8H18O3.H2O/c1-2-3-5-10-7-8-11-6-4-9;/h9H,2-8H2,1H3;1H2. The summed E-state index contributed by atoms with van der Waals surface area (Å²) < 4.78 is 10.2. The monoisotopic (exact) mass is 180 g/mol. The Bertz CT molecular complexity index is 60.1. The molecule has 0 heterocycles. The number of hydrogen-bond donors (Lipinski definition) is 1. The molecule has 0 aromatic carbocycles. The predicted octanol–water partition coefficient (Wildman–Crippen LogP) is -0.0127. The van der Waals surface area contributed by atoms with Crippen molar-refractivity contribution in [3.05, 3.63) is 0 Å². The zero-order chi connectivity index (χ0) is 8.36. The maximum atomic E-state index is 8.34. The lowest BCUT2D eigenvalue weighted by molar-refractivity contribution is 0.0324. The Morgan fingerprint density at radius 3 is 2.08 bits per heavy atom. The van der Waals surface area contributed by atoms with Gasteiger partial charge in [-0.3, -0.25) is 0 Å². The van der Waals surface area contributed by atoms with Crippen molar-refractivity contribution in [2.24, 2.45) is 0 Å². The second-order valence-corrected chi connectivity index (χ2v) is 2.30. The molecule has 0 aliphatic carbocycles. The molecule has 0 aliphatic rings. The van der Waals surface area contributed by atoms with Gasteiger partial charge in [-0.15, -0.1) is 0 Å². The van der Waals surface area contributed by atoms with E-state index < -0.39 is 0 Å². The summed E-state index contributed by atoms with van der Waals surface area (Å²) in [5.41, 5.74) is 0. The summed E-state index contributed by atoms with van der Waals surface area (Å²) in [7, 11) is 0. The van der Waals surface area contributed by atoms with Crippen molar-refractivity contribution in [2.45, 2.75) is 19.8 Å². The van der Waals surface area contributed by atoms with E-state index in [1.54, 1.807) is 0 Å². The highest BCUT2D eigenvalue weighted by molar-refractivity contribution is 4.33. The van der Waals surface area contributed by atoms with Crippen LogP contribution in [0.25, 0.3) is 0 Å². The fraction of sp³-hybridized carbons (Fsp3) is 1.00. The van der Waals surface area contributed by atoms with Crippen LogP contribution < -0.4 is 0 Å². The van der Waals surface area contributed by atoms with Crippen LogP contribution in [0.3, 0.4) is 0 Å². The zero-order valence-corrected chi connectivity index (χ0v) is 7.71. The van der Waals surface area contributed by atoms with E-state index >= 15 is 0 Å². The van der Waals surface area contributed by atoms with Crippen LogP contribution in [0.5, 0.6) is 0 Å². The van der Waals surface area contributed by atoms with Gasteiger partial charge in [-0.25, -0.2) is 0 Å². The molecule has 0 fully saturated rings. The first-order valence-electron chi connectivity index (χ1n) is 4.18. The SMILES string of the molecule is CCCCOCCOCCO.O. The molecule has 4 nitrogen and oxygen atoms in total. The summed E-state index contributed by atoms with van der Waals surface area (Å²) in [6, 6.07) is 0. The zero-order valence-electron chi connectivity index (χ0n) is 7.71. The van der Waals surface area contributed by atoms with Gasteiger partial charge in [0.2, 0.25) is 0 Å². The van der Waals surface area contributed by atoms with Gasteiger partial charge in [-0.1, -0.05) is 13.3 Å². The highest BCUT2D eigenvalue weighted by Crippen LogP contribution is 1.87. The molecule has 0 amide bonds. The largest absolute Gasteiger partial charge is 0.412 e. The topological polar surface area (TPSA) is 70.2 Å². The van der Waals surface area contributed by atoms with Gasteiger partial charge in [-0.05, 0) is 6.42 Å². The van der Waals surface area contributed by atoms with Crippen LogP contribution in [0.15, 0.2) is 0 Å². The molecule has 0 atom stereocenters. The Labute approximate surface area is 73.8 Å². The summed E-state index contributed by atoms with van der Waals surface area (Å²) in [6.07, 6.45) is 2.28. The van der Waals surface area contributed by atoms with Crippen molar-refractivity contribution in [1.29, 1.82) is 0 Å². The molecule has 0 spiro atoms. The van der Waals surface area contributed by atoms with Gasteiger partial charge < -0.3 is 20.1 Å². The van der Waals surface area contributed by atoms with E-state index in [0.717, 1.165) is 19.4 Å². The minimum Gasteiger partial charge on any atom is -0.412 e. The third kappa shape index (κ3) is 12.5. The van der Waals surface area contributed by atoms with Gasteiger partial charge >= 0.3 is 0 Å². The minimum absolute atomic E-state index is 0. The number of unbranched alkanes of at least 4 members (excludes halogenated alkanes) is 1. The molecular weight excluding hydrogens is 160 g/mol. The van der Waals surface area contributed by atoms with E-state index in [-0.39, 0.29) is 12.1 Å². The third-order valence-electron chi connectivity index (χ3n) is 1.25. The van der Waals surface area contributed by atoms with Gasteiger partial charge in [0.05, 0.1) is 26.4 Å². The Morgan fingerprint density at radius 1 is 1.00 bits per heavy atom. The second kappa shape index (κ2) is 13.4. The highest BCUT2D eigenvalue weighted by Gasteiger charge is 1.87. The van der Waals surface area contributed by atoms with Crippen LogP contribution in [0.2, 0.25) is 0 Å². The van der Waals surface area contributed by atoms with Crippen LogP contribution in [0.4, 0.5) is 0 Å². The lowest BCUT2D eigenvalue weighted by Crippen LogP contribution is -2.07. The summed E-state index contributed by atoms with van der Waals surface area (Å²) in [5, 5.41) is 8.34. The molecule has 0 aliphatic heterocycles. The summed E-state index contributed by atoms with van der Waals surface area (Å²) in [6.45, 7) is 4.68. The van der Waals surface area contributed by atoms with Crippen molar-refractivity contribution in [3.8, 4) is 0 Å². The average Bonchev–Trinajstić information content (AvgIpc) is 2.03. The maximum Gasteiger partial charge on any atom is 0.0701 e. The van der Waals surface area contributed by atoms with E-state index in [1.807, 2.05) is 0 Å². The first-order chi connectivity index (χ1) is 5.41. The molecule has 4 heteroatoms. The number of ether oxygens (including phenoxy) is 2. The Morgan fingerprint density at radius 2 is 1.58 bits per heavy atom. The molecule has 3 N–H and O–H groups in total. The normalized spacial score (nSPS) is 9.50. The molecular formula is C8H20O4. The van der Waals surface area contributed by atoms with Gasteiger partial charge in [-0.2, -0.15) is 0 Å². The van der Waals surface area contributed by atoms with Crippen LogP contribution in [0.1, 0.15) is 19.8 Å². The molecule has 0 rings (SSSR count). The van der Waals surface area contributed by atoms with Crippen LogP contribution in [0, 0.1) is 0 Å². The smallest absolute Gasteiger partial charge is 0.0701 e. The molecule has 0 bridgehead atoms. The van der Waals surface area contributed by atoms with Crippen molar-refractivity contribution in [2.75, 3.05) is 33.0 Å². The average molecular weight is 180 g/mol. The van der Waals surface area contributed by atoms with Gasteiger partial charge in [0.25, 0.3) is 0 Å².